The number of fused-ring (bicyclic) bond motifs is 2. The maximum Gasteiger partial charge on any atom is 0.248 e. The van der Waals surface area contributed by atoms with E-state index in [4.69, 9.17) is 10.5 Å². The number of halogens is 1. The molecule has 2 aliphatic heterocycles. The second-order valence-corrected chi connectivity index (χ2v) is 10.1. The van der Waals surface area contributed by atoms with Crippen LogP contribution in [0.15, 0.2) is 36.4 Å². The topological polar surface area (TPSA) is 123 Å². The van der Waals surface area contributed by atoms with Crippen LogP contribution in [0.2, 0.25) is 0 Å². The fraction of sp³-hybridized carbons (Fsp3) is 0.400. The highest BCUT2D eigenvalue weighted by Gasteiger charge is 2.60. The van der Waals surface area contributed by atoms with Crippen molar-refractivity contribution in [2.24, 2.45) is 11.1 Å². The average molecular weight is 469 g/mol. The minimum absolute atomic E-state index is 0.0982. The van der Waals surface area contributed by atoms with Gasteiger partial charge in [0.25, 0.3) is 0 Å². The third-order valence-corrected chi connectivity index (χ3v) is 6.51. The Morgan fingerprint density at radius 3 is 2.65 bits per heavy atom. The summed E-state index contributed by atoms with van der Waals surface area (Å²) in [5.41, 5.74) is 5.28. The minimum Gasteiger partial charge on any atom is -0.495 e. The highest BCUT2D eigenvalue weighted by Crippen LogP contribution is 2.50. The summed E-state index contributed by atoms with van der Waals surface area (Å²) < 4.78 is 20.4. The number of benzene rings is 2. The van der Waals surface area contributed by atoms with Crippen LogP contribution in [0.5, 0.6) is 5.75 Å². The molecular formula is C25H29FN4O4. The normalized spacial score (nSPS) is 23.5. The average Bonchev–Trinajstić information content (AvgIpc) is 3.26. The molecule has 0 aromatic heterocycles. The van der Waals surface area contributed by atoms with Gasteiger partial charge in [0.1, 0.15) is 11.6 Å². The van der Waals surface area contributed by atoms with Crippen LogP contribution in [-0.4, -0.2) is 36.9 Å². The summed E-state index contributed by atoms with van der Waals surface area (Å²) in [5, 5.41) is 8.94. The third-order valence-electron chi connectivity index (χ3n) is 6.51. The zero-order chi connectivity index (χ0) is 24.8. The van der Waals surface area contributed by atoms with Gasteiger partial charge in [-0.3, -0.25) is 14.4 Å². The van der Waals surface area contributed by atoms with Gasteiger partial charge < -0.3 is 26.4 Å². The van der Waals surface area contributed by atoms with E-state index >= 15 is 4.39 Å². The monoisotopic (exact) mass is 468 g/mol. The predicted molar refractivity (Wildman–Crippen MR) is 126 cm³/mol. The van der Waals surface area contributed by atoms with E-state index in [-0.39, 0.29) is 29.1 Å². The van der Waals surface area contributed by atoms with E-state index in [0.717, 1.165) is 0 Å². The van der Waals surface area contributed by atoms with E-state index in [0.29, 0.717) is 23.4 Å². The summed E-state index contributed by atoms with van der Waals surface area (Å²) in [6, 6.07) is 7.82. The Balaban J connectivity index is 1.68. The van der Waals surface area contributed by atoms with Crippen LogP contribution in [0.4, 0.5) is 15.8 Å². The van der Waals surface area contributed by atoms with Crippen LogP contribution < -0.4 is 26.4 Å². The number of hydrogen-bond acceptors (Lipinski definition) is 5. The maximum absolute atomic E-state index is 15.1. The van der Waals surface area contributed by atoms with Gasteiger partial charge in [0, 0.05) is 22.9 Å². The van der Waals surface area contributed by atoms with Gasteiger partial charge in [-0.1, -0.05) is 26.8 Å². The number of nitrogens with one attached hydrogen (secondary N) is 3. The molecule has 4 rings (SSSR count). The summed E-state index contributed by atoms with van der Waals surface area (Å²) in [5.74, 6) is -1.51. The zero-order valence-electron chi connectivity index (χ0n) is 19.6. The molecular weight excluding hydrogens is 439 g/mol. The largest absolute Gasteiger partial charge is 0.495 e. The molecule has 34 heavy (non-hydrogen) atoms. The van der Waals surface area contributed by atoms with E-state index in [1.807, 2.05) is 20.8 Å². The molecule has 3 atom stereocenters. The fourth-order valence-corrected chi connectivity index (χ4v) is 5.05. The van der Waals surface area contributed by atoms with E-state index in [1.54, 1.807) is 12.1 Å². The molecule has 2 aromatic carbocycles. The van der Waals surface area contributed by atoms with Crippen molar-refractivity contribution < 1.29 is 23.5 Å². The van der Waals surface area contributed by atoms with Gasteiger partial charge in [0.2, 0.25) is 17.7 Å². The minimum atomic E-state index is -1.21. The summed E-state index contributed by atoms with van der Waals surface area (Å²) in [6.07, 6.45) is 0.648. The number of carbonyl (C=O) groups excluding carboxylic acids is 3. The van der Waals surface area contributed by atoms with Gasteiger partial charge in [-0.25, -0.2) is 4.39 Å². The predicted octanol–water partition coefficient (Wildman–Crippen LogP) is 2.93. The first-order chi connectivity index (χ1) is 16.0. The molecule has 5 N–H and O–H groups in total. The van der Waals surface area contributed by atoms with Crippen LogP contribution in [0.3, 0.4) is 0 Å². The Kier molecular flexibility index (Phi) is 5.85. The molecule has 2 aromatic rings. The van der Waals surface area contributed by atoms with Gasteiger partial charge >= 0.3 is 0 Å². The molecule has 1 fully saturated rings. The van der Waals surface area contributed by atoms with Crippen molar-refractivity contribution in [3.8, 4) is 5.75 Å². The van der Waals surface area contributed by atoms with E-state index < -0.39 is 35.1 Å². The van der Waals surface area contributed by atoms with Crippen LogP contribution in [0, 0.1) is 11.2 Å². The molecule has 0 bridgehead atoms. The first kappa shape index (κ1) is 23.7. The molecule has 2 aliphatic rings. The lowest BCUT2D eigenvalue weighted by Gasteiger charge is -2.33. The van der Waals surface area contributed by atoms with Crippen LogP contribution >= 0.6 is 0 Å². The van der Waals surface area contributed by atoms with Crippen molar-refractivity contribution in [3.05, 3.63) is 53.3 Å². The Morgan fingerprint density at radius 1 is 1.26 bits per heavy atom. The summed E-state index contributed by atoms with van der Waals surface area (Å²) in [4.78, 5) is 38.1. The quantitative estimate of drug-likeness (QED) is 0.537. The molecule has 0 aliphatic carbocycles. The molecule has 2 heterocycles. The van der Waals surface area contributed by atoms with Gasteiger partial charge in [-0.15, -0.1) is 0 Å². The highest BCUT2D eigenvalue weighted by molar-refractivity contribution is 6.08. The second kappa shape index (κ2) is 8.39. The van der Waals surface area contributed by atoms with Crippen molar-refractivity contribution >= 4 is 29.1 Å². The Bertz CT molecular complexity index is 1180. The number of carbonyl (C=O) groups is 3. The van der Waals surface area contributed by atoms with Crippen LogP contribution in [0.1, 0.15) is 49.5 Å². The molecule has 0 saturated carbocycles. The second-order valence-electron chi connectivity index (χ2n) is 10.1. The number of ether oxygens (including phenoxy) is 1. The van der Waals surface area contributed by atoms with E-state index in [1.165, 1.54) is 31.4 Å². The van der Waals surface area contributed by atoms with Gasteiger partial charge in [-0.05, 0) is 48.6 Å². The van der Waals surface area contributed by atoms with Crippen molar-refractivity contribution in [1.29, 1.82) is 0 Å². The zero-order valence-corrected chi connectivity index (χ0v) is 19.6. The fourth-order valence-electron chi connectivity index (χ4n) is 5.05. The van der Waals surface area contributed by atoms with Crippen LogP contribution in [0.25, 0.3) is 0 Å². The highest BCUT2D eigenvalue weighted by atomic mass is 19.1. The number of nitrogens with two attached hydrogens (primary N) is 1. The number of rotatable bonds is 5. The van der Waals surface area contributed by atoms with Gasteiger partial charge in [-0.2, -0.15) is 0 Å². The number of primary amides is 1. The Labute approximate surface area is 197 Å². The number of amides is 3. The third kappa shape index (κ3) is 4.00. The molecule has 180 valence electrons. The molecule has 9 heteroatoms. The lowest BCUT2D eigenvalue weighted by Crippen LogP contribution is -2.48. The first-order valence-electron chi connectivity index (χ1n) is 11.1. The number of hydrogen-bond donors (Lipinski definition) is 4. The first-order valence-corrected chi connectivity index (χ1v) is 11.1. The molecule has 3 amide bonds. The summed E-state index contributed by atoms with van der Waals surface area (Å²) in [7, 11) is 1.42. The number of methoxy groups -OCH3 is 1. The number of anilines is 2. The SMILES string of the molecule is COc1cc(C(N)=O)ccc1NC(=O)C1CC2(C(=O)Nc3cccc(F)c32)C(CC(C)(C)C)N1. The van der Waals surface area contributed by atoms with Crippen molar-refractivity contribution in [2.45, 2.75) is 51.1 Å². The summed E-state index contributed by atoms with van der Waals surface area (Å²) >= 11 is 0. The van der Waals surface area contributed by atoms with E-state index in [9.17, 15) is 14.4 Å². The Hall–Kier alpha value is -3.46. The van der Waals surface area contributed by atoms with Crippen molar-refractivity contribution in [1.82, 2.24) is 5.32 Å². The Morgan fingerprint density at radius 2 is 2.00 bits per heavy atom. The van der Waals surface area contributed by atoms with Crippen LogP contribution in [-0.2, 0) is 15.0 Å². The summed E-state index contributed by atoms with van der Waals surface area (Å²) in [6.45, 7) is 6.11. The van der Waals surface area contributed by atoms with E-state index in [2.05, 4.69) is 16.0 Å². The maximum atomic E-state index is 15.1. The van der Waals surface area contributed by atoms with Gasteiger partial charge in [0.15, 0.2) is 0 Å². The molecule has 0 radical (unpaired) electrons. The standard InChI is InChI=1S/C25H29FN4O4/c1-24(2,3)12-19-25(20-14(26)6-5-7-16(20)30-23(25)33)11-17(28-19)22(32)29-15-9-8-13(21(27)31)10-18(15)34-4/h5-10,17,19,28H,11-12H2,1-4H3,(H2,27,31)(H,29,32)(H,30,33). The van der Waals surface area contributed by atoms with Crippen molar-refractivity contribution in [2.75, 3.05) is 17.7 Å². The lowest BCUT2D eigenvalue weighted by molar-refractivity contribution is -0.121. The molecule has 1 saturated heterocycles. The molecule has 8 nitrogen and oxygen atoms in total. The van der Waals surface area contributed by atoms with Crippen molar-refractivity contribution in [3.63, 3.8) is 0 Å². The molecule has 3 unspecified atom stereocenters. The lowest BCUT2D eigenvalue weighted by atomic mass is 9.69. The smallest absolute Gasteiger partial charge is 0.248 e. The molecule has 1 spiro atoms. The van der Waals surface area contributed by atoms with Gasteiger partial charge in [0.05, 0.1) is 24.3 Å².